The number of rotatable bonds is 81. The van der Waals surface area contributed by atoms with Gasteiger partial charge in [-0.15, -0.1) is 0 Å². The maximum absolute atomic E-state index is 13.1. The summed E-state index contributed by atoms with van der Waals surface area (Å²) in [5.41, 5.74) is 0. The molecular weight excluding hydrogens is 1250 g/mol. The van der Waals surface area contributed by atoms with Crippen molar-refractivity contribution >= 4 is 11.9 Å². The van der Waals surface area contributed by atoms with Crippen molar-refractivity contribution in [3.05, 3.63) is 36.5 Å². The highest BCUT2D eigenvalue weighted by Crippen LogP contribution is 2.24. The van der Waals surface area contributed by atoms with Gasteiger partial charge in [0.1, 0.15) is 24.4 Å². The second-order valence-electron chi connectivity index (χ2n) is 31.3. The highest BCUT2D eigenvalue weighted by Gasteiger charge is 2.44. The van der Waals surface area contributed by atoms with Crippen molar-refractivity contribution in [2.75, 3.05) is 19.8 Å². The van der Waals surface area contributed by atoms with E-state index in [0.29, 0.717) is 19.4 Å². The van der Waals surface area contributed by atoms with Crippen molar-refractivity contribution in [3.8, 4) is 0 Å². The number of aliphatic hydroxyl groups is 5. The van der Waals surface area contributed by atoms with Gasteiger partial charge in [-0.3, -0.25) is 9.59 Å². The number of nitrogens with one attached hydrogen (secondary N) is 1. The number of allylic oxidation sites excluding steroid dienone is 5. The summed E-state index contributed by atoms with van der Waals surface area (Å²) in [6.07, 6.45) is 94.9. The summed E-state index contributed by atoms with van der Waals surface area (Å²) in [6, 6.07) is -0.807. The van der Waals surface area contributed by atoms with Crippen LogP contribution in [0.5, 0.6) is 0 Å². The van der Waals surface area contributed by atoms with E-state index < -0.39 is 49.5 Å². The molecule has 1 saturated heterocycles. The van der Waals surface area contributed by atoms with Crippen LogP contribution in [0.1, 0.15) is 463 Å². The Morgan fingerprint density at radius 2 is 0.634 bits per heavy atom. The molecule has 0 aromatic heterocycles. The zero-order valence-corrected chi connectivity index (χ0v) is 66.9. The van der Waals surface area contributed by atoms with Crippen molar-refractivity contribution in [3.63, 3.8) is 0 Å². The lowest BCUT2D eigenvalue weighted by Gasteiger charge is -2.40. The number of amides is 1. The summed E-state index contributed by atoms with van der Waals surface area (Å²) in [7, 11) is 0. The number of carbonyl (C=O) groups excluding carboxylic acids is 2. The molecule has 7 unspecified atom stereocenters. The topological polar surface area (TPSA) is 175 Å². The molecule has 11 heteroatoms. The molecule has 596 valence electrons. The van der Waals surface area contributed by atoms with Crippen LogP contribution in [0, 0.1) is 0 Å². The van der Waals surface area contributed by atoms with Crippen molar-refractivity contribution in [2.24, 2.45) is 0 Å². The minimum Gasteiger partial charge on any atom is -0.466 e. The first-order valence-electron chi connectivity index (χ1n) is 44.8. The van der Waals surface area contributed by atoms with Gasteiger partial charge in [-0.2, -0.15) is 0 Å². The number of hydrogen-bond acceptors (Lipinski definition) is 10. The van der Waals surface area contributed by atoms with Crippen molar-refractivity contribution in [1.29, 1.82) is 0 Å². The Morgan fingerprint density at radius 1 is 0.356 bits per heavy atom. The van der Waals surface area contributed by atoms with Crippen LogP contribution in [0.15, 0.2) is 36.5 Å². The molecule has 0 radical (unpaired) electrons. The number of hydrogen-bond donors (Lipinski definition) is 6. The number of carbonyl (C=O) groups is 2. The second-order valence-corrected chi connectivity index (χ2v) is 31.3. The van der Waals surface area contributed by atoms with E-state index in [4.69, 9.17) is 14.2 Å². The summed E-state index contributed by atoms with van der Waals surface area (Å²) in [4.78, 5) is 25.3. The van der Waals surface area contributed by atoms with Crippen LogP contribution in [0.25, 0.3) is 0 Å². The summed E-state index contributed by atoms with van der Waals surface area (Å²) < 4.78 is 16.8. The maximum Gasteiger partial charge on any atom is 0.305 e. The maximum atomic E-state index is 13.1. The lowest BCUT2D eigenvalue weighted by molar-refractivity contribution is -0.302. The molecule has 1 heterocycles. The average Bonchev–Trinajstić information content (AvgIpc) is 0.823. The first kappa shape index (κ1) is 96.9. The quantitative estimate of drug-likeness (QED) is 0.0195. The molecule has 0 spiro atoms. The first-order valence-corrected chi connectivity index (χ1v) is 44.8. The first-order chi connectivity index (χ1) is 49.7. The van der Waals surface area contributed by atoms with Gasteiger partial charge in [0.15, 0.2) is 6.29 Å². The molecule has 1 fully saturated rings. The van der Waals surface area contributed by atoms with E-state index in [1.807, 2.05) is 6.08 Å². The van der Waals surface area contributed by atoms with Crippen LogP contribution in [0.3, 0.4) is 0 Å². The molecule has 0 saturated carbocycles. The molecule has 0 aliphatic carbocycles. The molecule has 101 heavy (non-hydrogen) atoms. The summed E-state index contributed by atoms with van der Waals surface area (Å²) in [5, 5.41) is 54.7. The van der Waals surface area contributed by atoms with Crippen molar-refractivity contribution in [1.82, 2.24) is 5.32 Å². The van der Waals surface area contributed by atoms with Crippen LogP contribution in [-0.4, -0.2) is 100 Å². The molecule has 11 nitrogen and oxygen atoms in total. The zero-order chi connectivity index (χ0) is 72.9. The molecule has 0 aromatic rings. The van der Waals surface area contributed by atoms with Gasteiger partial charge in [-0.1, -0.05) is 403 Å². The van der Waals surface area contributed by atoms with Gasteiger partial charge in [0.05, 0.1) is 32.0 Å². The second kappa shape index (κ2) is 78.9. The molecule has 1 rings (SSSR count). The predicted molar refractivity (Wildman–Crippen MR) is 431 cm³/mol. The Balaban J connectivity index is 1.87. The highest BCUT2D eigenvalue weighted by atomic mass is 16.7. The number of unbranched alkanes of at least 4 members (excludes halogenated alkanes) is 63. The van der Waals surface area contributed by atoms with E-state index in [1.54, 1.807) is 6.08 Å². The Bertz CT molecular complexity index is 1770. The standard InChI is InChI=1S/C90H171NO10/c1-3-5-7-9-11-13-15-17-19-20-42-46-50-54-58-62-66-70-74-78-86(95)99-79-75-71-67-63-59-55-51-47-44-41-39-37-35-33-31-29-27-25-23-21-22-24-26-28-30-32-34-36-38-40-43-45-49-53-57-61-65-69-73-77-85(94)91-82(81-100-90-89(98)88(97)87(96)84(80-92)101-90)83(93)76-72-68-64-60-56-52-48-18-16-14-12-10-8-6-4-2/h17,19,21-22,72,76,82-84,87-90,92-93,96-98H,3-16,18,20,23-71,73-75,77-81H2,1-2H3,(H,91,94)/b19-17-,22-21-,76-72+. The molecular formula is C90H171NO10. The average molecular weight is 1430 g/mol. The van der Waals surface area contributed by atoms with Gasteiger partial charge in [-0.25, -0.2) is 0 Å². The minimum absolute atomic E-state index is 0.0174. The minimum atomic E-state index is -1.57. The Labute approximate surface area is 625 Å². The van der Waals surface area contributed by atoms with E-state index >= 15 is 0 Å². The third-order valence-electron chi connectivity index (χ3n) is 21.5. The number of aliphatic hydroxyl groups excluding tert-OH is 5. The molecule has 0 aromatic carbocycles. The van der Waals surface area contributed by atoms with E-state index in [0.717, 1.165) is 51.4 Å². The SMILES string of the molecule is CCCCCCCC/C=C\CCCCCCCCCCCC(=O)OCCCCCCCCCCCCCCCCCCCC/C=C\CCCCCCCCCCCCCCCCCCCC(=O)NC(COC1OC(CO)C(O)C(O)C1O)C(O)/C=C/CCCCCCCCCCCCCCC. The highest BCUT2D eigenvalue weighted by molar-refractivity contribution is 5.76. The molecule has 0 bridgehead atoms. The summed E-state index contributed by atoms with van der Waals surface area (Å²) in [6.45, 7) is 4.41. The fourth-order valence-corrected chi connectivity index (χ4v) is 14.5. The van der Waals surface area contributed by atoms with Crippen LogP contribution >= 0.6 is 0 Å². The van der Waals surface area contributed by atoms with Gasteiger partial charge < -0.3 is 45.1 Å². The van der Waals surface area contributed by atoms with E-state index in [2.05, 4.69) is 43.5 Å². The summed E-state index contributed by atoms with van der Waals surface area (Å²) >= 11 is 0. The summed E-state index contributed by atoms with van der Waals surface area (Å²) in [5.74, 6) is -0.156. The van der Waals surface area contributed by atoms with Crippen LogP contribution in [0.4, 0.5) is 0 Å². The van der Waals surface area contributed by atoms with E-state index in [9.17, 15) is 35.1 Å². The van der Waals surface area contributed by atoms with Gasteiger partial charge in [0, 0.05) is 12.8 Å². The largest absolute Gasteiger partial charge is 0.466 e. The smallest absolute Gasteiger partial charge is 0.305 e. The molecule has 1 aliphatic rings. The Morgan fingerprint density at radius 3 is 0.950 bits per heavy atom. The number of esters is 1. The fraction of sp³-hybridized carbons (Fsp3) is 0.911. The van der Waals surface area contributed by atoms with E-state index in [-0.39, 0.29) is 18.5 Å². The van der Waals surface area contributed by atoms with Gasteiger partial charge in [-0.05, 0) is 83.5 Å². The van der Waals surface area contributed by atoms with Crippen molar-refractivity contribution < 1.29 is 49.3 Å². The molecule has 1 amide bonds. The van der Waals surface area contributed by atoms with Crippen LogP contribution in [0.2, 0.25) is 0 Å². The monoisotopic (exact) mass is 1430 g/mol. The third-order valence-corrected chi connectivity index (χ3v) is 21.5. The van der Waals surface area contributed by atoms with Crippen LogP contribution in [-0.2, 0) is 23.8 Å². The zero-order valence-electron chi connectivity index (χ0n) is 66.9. The van der Waals surface area contributed by atoms with Crippen molar-refractivity contribution in [2.45, 2.75) is 506 Å². The predicted octanol–water partition coefficient (Wildman–Crippen LogP) is 25.2. The number of ether oxygens (including phenoxy) is 3. The molecule has 6 N–H and O–H groups in total. The lowest BCUT2D eigenvalue weighted by atomic mass is 9.99. The van der Waals surface area contributed by atoms with Gasteiger partial charge in [0.2, 0.25) is 5.91 Å². The third kappa shape index (κ3) is 67.0. The van der Waals surface area contributed by atoms with E-state index in [1.165, 1.54) is 385 Å². The molecule has 1 aliphatic heterocycles. The van der Waals surface area contributed by atoms with Gasteiger partial charge in [0.25, 0.3) is 0 Å². The Kier molecular flexibility index (Phi) is 75.7. The Hall–Kier alpha value is -2.12. The molecule has 7 atom stereocenters. The lowest BCUT2D eigenvalue weighted by Crippen LogP contribution is -2.60. The normalized spacial score (nSPS) is 17.2. The van der Waals surface area contributed by atoms with Gasteiger partial charge >= 0.3 is 5.97 Å². The van der Waals surface area contributed by atoms with Crippen LogP contribution < -0.4 is 5.32 Å². The fourth-order valence-electron chi connectivity index (χ4n) is 14.5.